The van der Waals surface area contributed by atoms with Gasteiger partial charge in [0.1, 0.15) is 0 Å². The molecule has 0 aromatic heterocycles. The smallest absolute Gasteiger partial charge is 0.335 e. The molecule has 1 saturated carbocycles. The number of amides is 3. The highest BCUT2D eigenvalue weighted by Gasteiger charge is 2.52. The zero-order chi connectivity index (χ0) is 23.2. The Morgan fingerprint density at radius 2 is 1.59 bits per heavy atom. The summed E-state index contributed by atoms with van der Waals surface area (Å²) in [5.41, 5.74) is 1.77. The Morgan fingerprint density at radius 1 is 0.969 bits per heavy atom. The molecule has 4 rings (SSSR count). The van der Waals surface area contributed by atoms with E-state index >= 15 is 0 Å². The lowest BCUT2D eigenvalue weighted by atomic mass is 9.81. The average Bonchev–Trinajstić information content (AvgIpc) is 2.99. The number of nitrogens with one attached hydrogen (secondary N) is 1. The quantitative estimate of drug-likeness (QED) is 0.424. The number of rotatable bonds is 4. The Kier molecular flexibility index (Phi) is 6.22. The standard InChI is InChI=1S/C23H20Br2N2O5/c1-11-5-6-13(23(31)32)8-19(11)26-20(28)12-3-2-4-14(7-12)27-21(29)15-9-17(24)18(25)10-16(15)22(27)30/h2-8,15-18H,9-10H2,1H3,(H,26,28)(H,31,32)/t15-,16+,17-,18-/m0/s1. The van der Waals surface area contributed by atoms with Crippen LogP contribution < -0.4 is 10.2 Å². The van der Waals surface area contributed by atoms with E-state index in [2.05, 4.69) is 37.2 Å². The fraction of sp³-hybridized carbons (Fsp3) is 0.304. The number of carbonyl (C=O) groups is 4. The number of carboxylic acids is 1. The number of benzene rings is 2. The molecule has 1 aliphatic carbocycles. The first-order valence-electron chi connectivity index (χ1n) is 10.1. The van der Waals surface area contributed by atoms with Crippen LogP contribution in [0.2, 0.25) is 0 Å². The number of aryl methyl sites for hydroxylation is 1. The molecular formula is C23H20Br2N2O5. The van der Waals surface area contributed by atoms with Gasteiger partial charge in [0.25, 0.3) is 5.91 Å². The maximum absolute atomic E-state index is 13.0. The van der Waals surface area contributed by atoms with Crippen LogP contribution in [0.3, 0.4) is 0 Å². The van der Waals surface area contributed by atoms with Crippen molar-refractivity contribution in [1.82, 2.24) is 0 Å². The van der Waals surface area contributed by atoms with Crippen LogP contribution in [-0.4, -0.2) is 38.5 Å². The van der Waals surface area contributed by atoms with E-state index in [4.69, 9.17) is 0 Å². The summed E-state index contributed by atoms with van der Waals surface area (Å²) in [6.07, 6.45) is 1.14. The maximum atomic E-state index is 13.0. The van der Waals surface area contributed by atoms with E-state index < -0.39 is 11.9 Å². The molecule has 7 nitrogen and oxygen atoms in total. The SMILES string of the molecule is Cc1ccc(C(=O)O)cc1NC(=O)c1cccc(N2C(=O)[C@H]3C[C@H](Br)[C@@H](Br)C[C@H]3C2=O)c1. The summed E-state index contributed by atoms with van der Waals surface area (Å²) >= 11 is 7.15. The van der Waals surface area contributed by atoms with Crippen molar-refractivity contribution >= 4 is 66.9 Å². The van der Waals surface area contributed by atoms with Gasteiger partial charge >= 0.3 is 5.97 Å². The largest absolute Gasteiger partial charge is 0.478 e. The summed E-state index contributed by atoms with van der Waals surface area (Å²) < 4.78 is 0. The number of fused-ring (bicyclic) bond motifs is 1. The van der Waals surface area contributed by atoms with Crippen LogP contribution in [0.1, 0.15) is 39.1 Å². The molecule has 166 valence electrons. The van der Waals surface area contributed by atoms with Crippen molar-refractivity contribution in [2.45, 2.75) is 29.4 Å². The molecule has 0 radical (unpaired) electrons. The third-order valence-corrected chi connectivity index (χ3v) is 8.74. The number of carbonyl (C=O) groups excluding carboxylic acids is 3. The van der Waals surface area contributed by atoms with Crippen molar-refractivity contribution < 1.29 is 24.3 Å². The lowest BCUT2D eigenvalue weighted by Gasteiger charge is -2.29. The molecule has 1 aliphatic heterocycles. The molecule has 1 saturated heterocycles. The Bertz CT molecular complexity index is 1110. The van der Waals surface area contributed by atoms with Gasteiger partial charge in [-0.25, -0.2) is 4.79 Å². The Labute approximate surface area is 201 Å². The van der Waals surface area contributed by atoms with E-state index in [0.717, 1.165) is 0 Å². The van der Waals surface area contributed by atoms with Crippen molar-refractivity contribution in [3.05, 3.63) is 59.2 Å². The van der Waals surface area contributed by atoms with Gasteiger partial charge in [0.15, 0.2) is 0 Å². The normalized spacial score (nSPS) is 24.9. The van der Waals surface area contributed by atoms with E-state index in [-0.39, 0.29) is 44.4 Å². The first-order chi connectivity index (χ1) is 15.2. The number of anilines is 2. The molecule has 1 heterocycles. The molecule has 4 atom stereocenters. The fourth-order valence-electron chi connectivity index (χ4n) is 4.22. The lowest BCUT2D eigenvalue weighted by Crippen LogP contribution is -2.34. The molecule has 2 aromatic carbocycles. The van der Waals surface area contributed by atoms with E-state index in [1.807, 2.05) is 0 Å². The monoisotopic (exact) mass is 562 g/mol. The molecular weight excluding hydrogens is 544 g/mol. The minimum Gasteiger partial charge on any atom is -0.478 e. The molecule has 2 N–H and O–H groups in total. The number of alkyl halides is 2. The van der Waals surface area contributed by atoms with Crippen molar-refractivity contribution in [2.24, 2.45) is 11.8 Å². The van der Waals surface area contributed by atoms with Gasteiger partial charge in [-0.15, -0.1) is 0 Å². The highest BCUT2D eigenvalue weighted by atomic mass is 79.9. The first kappa shape index (κ1) is 22.7. The summed E-state index contributed by atoms with van der Waals surface area (Å²) in [5.74, 6) is -2.79. The van der Waals surface area contributed by atoms with Gasteiger partial charge in [0.05, 0.1) is 23.1 Å². The molecule has 9 heteroatoms. The molecule has 2 fully saturated rings. The second kappa shape index (κ2) is 8.78. The Morgan fingerprint density at radius 3 is 2.19 bits per heavy atom. The maximum Gasteiger partial charge on any atom is 0.335 e. The van der Waals surface area contributed by atoms with Crippen LogP contribution in [0.4, 0.5) is 11.4 Å². The summed E-state index contributed by atoms with van der Waals surface area (Å²) in [6, 6.07) is 10.8. The van der Waals surface area contributed by atoms with Gasteiger partial charge < -0.3 is 10.4 Å². The van der Waals surface area contributed by atoms with Gasteiger partial charge in [-0.2, -0.15) is 0 Å². The number of nitrogens with zero attached hydrogens (tertiary/aromatic N) is 1. The van der Waals surface area contributed by atoms with Crippen molar-refractivity contribution in [3.63, 3.8) is 0 Å². The van der Waals surface area contributed by atoms with E-state index in [1.54, 1.807) is 31.2 Å². The fourth-order valence-corrected chi connectivity index (χ4v) is 5.46. The Hall–Kier alpha value is -2.52. The second-order valence-corrected chi connectivity index (χ2v) is 10.4. The van der Waals surface area contributed by atoms with Crippen LogP contribution in [0.5, 0.6) is 0 Å². The molecule has 0 bridgehead atoms. The minimum absolute atomic E-state index is 0.0608. The molecule has 2 aromatic rings. The van der Waals surface area contributed by atoms with Crippen LogP contribution in [0.25, 0.3) is 0 Å². The number of aromatic carboxylic acids is 1. The summed E-state index contributed by atoms with van der Waals surface area (Å²) in [4.78, 5) is 51.6. The second-order valence-electron chi connectivity index (χ2n) is 8.07. The van der Waals surface area contributed by atoms with Crippen LogP contribution in [-0.2, 0) is 9.59 Å². The lowest BCUT2D eigenvalue weighted by molar-refractivity contribution is -0.122. The third kappa shape index (κ3) is 4.11. The zero-order valence-corrected chi connectivity index (χ0v) is 20.2. The first-order valence-corrected chi connectivity index (χ1v) is 11.9. The molecule has 0 spiro atoms. The number of hydrogen-bond donors (Lipinski definition) is 2. The van der Waals surface area contributed by atoms with Crippen molar-refractivity contribution in [2.75, 3.05) is 10.2 Å². The van der Waals surface area contributed by atoms with Crippen molar-refractivity contribution in [3.8, 4) is 0 Å². The van der Waals surface area contributed by atoms with Gasteiger partial charge in [-0.3, -0.25) is 19.3 Å². The number of carboxylic acid groups (broad SMARTS) is 1. The van der Waals surface area contributed by atoms with Gasteiger partial charge in [-0.1, -0.05) is 44.0 Å². The molecule has 2 aliphatic rings. The van der Waals surface area contributed by atoms with Gasteiger partial charge in [-0.05, 0) is 55.7 Å². The van der Waals surface area contributed by atoms with E-state index in [0.29, 0.717) is 29.8 Å². The van der Waals surface area contributed by atoms with E-state index in [1.165, 1.54) is 23.1 Å². The van der Waals surface area contributed by atoms with Crippen LogP contribution in [0.15, 0.2) is 42.5 Å². The van der Waals surface area contributed by atoms with Gasteiger partial charge in [0.2, 0.25) is 11.8 Å². The highest BCUT2D eigenvalue weighted by molar-refractivity contribution is 9.12. The predicted octanol–water partition coefficient (Wildman–Crippen LogP) is 4.37. The van der Waals surface area contributed by atoms with Gasteiger partial charge in [0, 0.05) is 20.9 Å². The summed E-state index contributed by atoms with van der Waals surface area (Å²) in [6.45, 7) is 1.76. The predicted molar refractivity (Wildman–Crippen MR) is 127 cm³/mol. The molecule has 32 heavy (non-hydrogen) atoms. The summed E-state index contributed by atoms with van der Waals surface area (Å²) in [7, 11) is 0. The van der Waals surface area contributed by atoms with Crippen molar-refractivity contribution in [1.29, 1.82) is 0 Å². The number of imide groups is 1. The third-order valence-electron chi connectivity index (χ3n) is 6.01. The zero-order valence-electron chi connectivity index (χ0n) is 17.0. The number of hydrogen-bond acceptors (Lipinski definition) is 4. The summed E-state index contributed by atoms with van der Waals surface area (Å²) in [5, 5.41) is 11.9. The van der Waals surface area contributed by atoms with Crippen LogP contribution in [0, 0.1) is 18.8 Å². The minimum atomic E-state index is -1.09. The molecule has 3 amide bonds. The average molecular weight is 564 g/mol. The highest BCUT2D eigenvalue weighted by Crippen LogP contribution is 2.44. The number of halogens is 2. The molecule has 0 unspecified atom stereocenters. The van der Waals surface area contributed by atoms with E-state index in [9.17, 15) is 24.3 Å². The topological polar surface area (TPSA) is 104 Å². The van der Waals surface area contributed by atoms with Crippen LogP contribution >= 0.6 is 31.9 Å². The Balaban J connectivity index is 1.58.